The number of nitrogens with zero attached hydrogens (tertiary/aromatic N) is 1. The minimum atomic E-state index is -4.29. The molecule has 3 rings (SSSR count). The van der Waals surface area contributed by atoms with Crippen molar-refractivity contribution in [2.45, 2.75) is 11.8 Å². The first-order chi connectivity index (χ1) is 10.8. The van der Waals surface area contributed by atoms with E-state index in [1.807, 2.05) is 4.83 Å². The number of rotatable bonds is 3. The summed E-state index contributed by atoms with van der Waals surface area (Å²) in [6.45, 7) is 1.48. The van der Waals surface area contributed by atoms with Crippen LogP contribution in [-0.4, -0.2) is 25.2 Å². The van der Waals surface area contributed by atoms with E-state index >= 15 is 0 Å². The summed E-state index contributed by atoms with van der Waals surface area (Å²) in [4.78, 5) is 25.9. The van der Waals surface area contributed by atoms with Gasteiger partial charge in [0.2, 0.25) is 0 Å². The molecule has 0 fully saturated rings. The number of carbonyl (C=O) groups is 2. The summed E-state index contributed by atoms with van der Waals surface area (Å²) in [5.41, 5.74) is 0.503. The number of hydrogen-bond acceptors (Lipinski definition) is 4. The van der Waals surface area contributed by atoms with Crippen LogP contribution in [0.25, 0.3) is 0 Å². The van der Waals surface area contributed by atoms with Gasteiger partial charge in [-0.15, -0.1) is 4.83 Å². The Hall–Kier alpha value is -2.58. The minimum absolute atomic E-state index is 0.108. The first-order valence-corrected chi connectivity index (χ1v) is 8.06. The lowest BCUT2D eigenvalue weighted by molar-refractivity contribution is 0.0618. The van der Waals surface area contributed by atoms with Crippen LogP contribution in [0, 0.1) is 12.7 Å². The highest BCUT2D eigenvalue weighted by atomic mass is 32.2. The van der Waals surface area contributed by atoms with Crippen molar-refractivity contribution in [2.75, 3.05) is 0 Å². The number of fused-ring (bicyclic) bond motifs is 1. The number of aryl methyl sites for hydroxylation is 1. The van der Waals surface area contributed by atoms with Gasteiger partial charge in [-0.1, -0.05) is 18.2 Å². The van der Waals surface area contributed by atoms with Gasteiger partial charge in [0.05, 0.1) is 16.0 Å². The molecular weight excluding hydrogens is 323 g/mol. The van der Waals surface area contributed by atoms with E-state index in [0.717, 1.165) is 12.1 Å². The molecule has 0 aliphatic carbocycles. The third-order valence-electron chi connectivity index (χ3n) is 3.45. The zero-order valence-electron chi connectivity index (χ0n) is 11.9. The highest BCUT2D eigenvalue weighted by molar-refractivity contribution is 7.89. The average Bonchev–Trinajstić information content (AvgIpc) is 2.75. The molecule has 0 bridgehead atoms. The van der Waals surface area contributed by atoms with Gasteiger partial charge in [0.1, 0.15) is 5.82 Å². The SMILES string of the molecule is Cc1ccc(F)cc1S(=O)(=O)NN1C(=O)c2ccccc2C1=O. The Balaban J connectivity index is 1.98. The lowest BCUT2D eigenvalue weighted by Gasteiger charge is -2.16. The van der Waals surface area contributed by atoms with E-state index in [1.54, 1.807) is 12.1 Å². The number of amides is 2. The van der Waals surface area contributed by atoms with Gasteiger partial charge in [0.15, 0.2) is 0 Å². The van der Waals surface area contributed by atoms with Crippen LogP contribution in [0.15, 0.2) is 47.4 Å². The topological polar surface area (TPSA) is 83.6 Å². The maximum atomic E-state index is 13.3. The fourth-order valence-corrected chi connectivity index (χ4v) is 3.57. The van der Waals surface area contributed by atoms with Crippen LogP contribution in [0.5, 0.6) is 0 Å². The predicted octanol–water partition coefficient (Wildman–Crippen LogP) is 1.62. The van der Waals surface area contributed by atoms with Crippen molar-refractivity contribution in [1.82, 2.24) is 9.84 Å². The normalized spacial score (nSPS) is 14.3. The molecular formula is C15H11FN2O4S. The first-order valence-electron chi connectivity index (χ1n) is 6.58. The van der Waals surface area contributed by atoms with Gasteiger partial charge in [-0.25, -0.2) is 12.8 Å². The summed E-state index contributed by atoms with van der Waals surface area (Å²) in [5.74, 6) is -2.29. The molecule has 0 radical (unpaired) electrons. The Morgan fingerprint density at radius 3 is 2.13 bits per heavy atom. The molecule has 0 unspecified atom stereocenters. The lowest BCUT2D eigenvalue weighted by Crippen LogP contribution is -2.45. The van der Waals surface area contributed by atoms with E-state index in [9.17, 15) is 22.4 Å². The number of halogens is 1. The molecule has 8 heteroatoms. The van der Waals surface area contributed by atoms with Crippen molar-refractivity contribution in [3.05, 3.63) is 65.0 Å². The van der Waals surface area contributed by atoms with Crippen LogP contribution in [-0.2, 0) is 10.0 Å². The summed E-state index contributed by atoms with van der Waals surface area (Å²) in [6, 6.07) is 9.24. The van der Waals surface area contributed by atoms with Crippen LogP contribution in [0.3, 0.4) is 0 Å². The number of benzene rings is 2. The summed E-state index contributed by atoms with van der Waals surface area (Å²) in [5, 5.41) is 0.421. The zero-order valence-corrected chi connectivity index (χ0v) is 12.7. The van der Waals surface area contributed by atoms with Crippen molar-refractivity contribution in [3.63, 3.8) is 0 Å². The first kappa shape index (κ1) is 15.3. The van der Waals surface area contributed by atoms with Crippen LogP contribution in [0.2, 0.25) is 0 Å². The molecule has 6 nitrogen and oxygen atoms in total. The fraction of sp³-hybridized carbons (Fsp3) is 0.0667. The Bertz CT molecular complexity index is 905. The summed E-state index contributed by atoms with van der Waals surface area (Å²) >= 11 is 0. The standard InChI is InChI=1S/C15H11FN2O4S/c1-9-6-7-10(16)8-13(9)23(21,22)17-18-14(19)11-4-2-3-5-12(11)15(18)20/h2-8,17H,1H3. The summed E-state index contributed by atoms with van der Waals surface area (Å²) in [7, 11) is -4.29. The van der Waals surface area contributed by atoms with Crippen molar-refractivity contribution >= 4 is 21.8 Å². The van der Waals surface area contributed by atoms with Gasteiger partial charge < -0.3 is 0 Å². The van der Waals surface area contributed by atoms with Crippen molar-refractivity contribution < 1.29 is 22.4 Å². The number of hydrogen-bond donors (Lipinski definition) is 1. The molecule has 1 N–H and O–H groups in total. The molecule has 2 amide bonds. The van der Waals surface area contributed by atoms with Crippen LogP contribution in [0.4, 0.5) is 4.39 Å². The second kappa shape index (κ2) is 5.25. The molecule has 0 atom stereocenters. The molecule has 23 heavy (non-hydrogen) atoms. The molecule has 1 aliphatic heterocycles. The molecule has 1 aliphatic rings. The molecule has 2 aromatic carbocycles. The Morgan fingerprint density at radius 1 is 1.00 bits per heavy atom. The Kier molecular flexibility index (Phi) is 3.50. The van der Waals surface area contributed by atoms with Gasteiger partial charge in [0, 0.05) is 0 Å². The van der Waals surface area contributed by atoms with E-state index in [4.69, 9.17) is 0 Å². The van der Waals surface area contributed by atoms with E-state index in [-0.39, 0.29) is 21.6 Å². The van der Waals surface area contributed by atoms with E-state index in [2.05, 4.69) is 0 Å². The second-order valence-corrected chi connectivity index (χ2v) is 6.63. The molecule has 1 heterocycles. The van der Waals surface area contributed by atoms with Gasteiger partial charge in [0.25, 0.3) is 21.8 Å². The Labute approximate surface area is 131 Å². The quantitative estimate of drug-likeness (QED) is 0.865. The summed E-state index contributed by atoms with van der Waals surface area (Å²) < 4.78 is 38.1. The molecule has 118 valence electrons. The third kappa shape index (κ3) is 2.51. The van der Waals surface area contributed by atoms with E-state index < -0.39 is 27.7 Å². The number of nitrogens with one attached hydrogen (secondary N) is 1. The monoisotopic (exact) mass is 334 g/mol. The van der Waals surface area contributed by atoms with E-state index in [0.29, 0.717) is 5.01 Å². The molecule has 0 saturated carbocycles. The maximum Gasteiger partial charge on any atom is 0.277 e. The van der Waals surface area contributed by atoms with Crippen molar-refractivity contribution in [2.24, 2.45) is 0 Å². The number of sulfonamides is 1. The predicted molar refractivity (Wildman–Crippen MR) is 78.4 cm³/mol. The van der Waals surface area contributed by atoms with Gasteiger partial charge in [-0.3, -0.25) is 9.59 Å². The highest BCUT2D eigenvalue weighted by Gasteiger charge is 2.38. The lowest BCUT2D eigenvalue weighted by atomic mass is 10.1. The largest absolute Gasteiger partial charge is 0.277 e. The number of hydrazine groups is 1. The Morgan fingerprint density at radius 2 is 1.57 bits per heavy atom. The van der Waals surface area contributed by atoms with E-state index in [1.165, 1.54) is 25.1 Å². The third-order valence-corrected chi connectivity index (χ3v) is 4.89. The van der Waals surface area contributed by atoms with Crippen LogP contribution >= 0.6 is 0 Å². The number of carbonyl (C=O) groups excluding carboxylic acids is 2. The smallest absolute Gasteiger partial charge is 0.267 e. The fourth-order valence-electron chi connectivity index (χ4n) is 2.30. The summed E-state index contributed by atoms with van der Waals surface area (Å²) in [6.07, 6.45) is 0. The highest BCUT2D eigenvalue weighted by Crippen LogP contribution is 2.23. The van der Waals surface area contributed by atoms with Gasteiger partial charge >= 0.3 is 0 Å². The maximum absolute atomic E-state index is 13.3. The molecule has 0 saturated heterocycles. The van der Waals surface area contributed by atoms with Crippen molar-refractivity contribution in [3.8, 4) is 0 Å². The second-order valence-electron chi connectivity index (χ2n) is 5.00. The minimum Gasteiger partial charge on any atom is -0.267 e. The molecule has 0 aromatic heterocycles. The van der Waals surface area contributed by atoms with Crippen molar-refractivity contribution in [1.29, 1.82) is 0 Å². The molecule has 0 spiro atoms. The van der Waals surface area contributed by atoms with Crippen LogP contribution in [0.1, 0.15) is 26.3 Å². The van der Waals surface area contributed by atoms with Gasteiger partial charge in [-0.05, 0) is 36.8 Å². The zero-order chi connectivity index (χ0) is 16.8. The average molecular weight is 334 g/mol. The number of imide groups is 1. The van der Waals surface area contributed by atoms with Crippen LogP contribution < -0.4 is 4.83 Å². The molecule has 2 aromatic rings. The van der Waals surface area contributed by atoms with Gasteiger partial charge in [-0.2, -0.15) is 5.01 Å².